The molecule has 0 spiro atoms. The predicted molar refractivity (Wildman–Crippen MR) is 211 cm³/mol. The highest BCUT2D eigenvalue weighted by Crippen LogP contribution is 2.60. The highest BCUT2D eigenvalue weighted by molar-refractivity contribution is 6.19. The predicted octanol–water partition coefficient (Wildman–Crippen LogP) is 12.1. The van der Waals surface area contributed by atoms with Gasteiger partial charge in [0.05, 0.1) is 16.8 Å². The Bertz CT molecular complexity index is 2660. The van der Waals surface area contributed by atoms with Crippen molar-refractivity contribution in [3.8, 4) is 45.0 Å². The summed E-state index contributed by atoms with van der Waals surface area (Å²) in [5.41, 5.74) is 12.1. The molecule has 0 aliphatic heterocycles. The van der Waals surface area contributed by atoms with E-state index in [9.17, 15) is 0 Å². The van der Waals surface area contributed by atoms with Crippen LogP contribution in [-0.2, 0) is 5.41 Å². The second-order valence-corrected chi connectivity index (χ2v) is 13.3. The van der Waals surface area contributed by atoms with Gasteiger partial charge < -0.3 is 0 Å². The lowest BCUT2D eigenvalue weighted by Crippen LogP contribution is -2.28. The van der Waals surface area contributed by atoms with Crippen LogP contribution in [0.2, 0.25) is 0 Å². The Balaban J connectivity index is 1.24. The molecule has 0 N–H and O–H groups in total. The first kappa shape index (κ1) is 29.3. The third-order valence-electron chi connectivity index (χ3n) is 10.6. The van der Waals surface area contributed by atoms with Crippen LogP contribution in [0.3, 0.4) is 0 Å². The molecule has 0 radical (unpaired) electrons. The summed E-state index contributed by atoms with van der Waals surface area (Å²) >= 11 is 0. The third kappa shape index (κ3) is 4.50. The van der Waals surface area contributed by atoms with E-state index in [1.165, 1.54) is 54.9 Å². The van der Waals surface area contributed by atoms with Crippen molar-refractivity contribution in [3.05, 3.63) is 216 Å². The van der Waals surface area contributed by atoms with Crippen molar-refractivity contribution in [2.24, 2.45) is 0 Å². The maximum atomic E-state index is 5.14. The molecule has 9 aromatic rings. The summed E-state index contributed by atoms with van der Waals surface area (Å²) in [6.45, 7) is 0. The fraction of sp³-hybridized carbons (Fsp3) is 0.0204. The fourth-order valence-electron chi connectivity index (χ4n) is 8.39. The lowest BCUT2D eigenvalue weighted by Gasteiger charge is -2.35. The summed E-state index contributed by atoms with van der Waals surface area (Å²) in [6, 6.07) is 69.7. The van der Waals surface area contributed by atoms with Gasteiger partial charge in [0.1, 0.15) is 0 Å². The molecule has 238 valence electrons. The second-order valence-electron chi connectivity index (χ2n) is 13.3. The van der Waals surface area contributed by atoms with Gasteiger partial charge in [-0.05, 0) is 61.0 Å². The molecule has 1 aliphatic rings. The molecule has 0 saturated heterocycles. The van der Waals surface area contributed by atoms with E-state index < -0.39 is 5.41 Å². The molecule has 51 heavy (non-hydrogen) atoms. The average molecular weight is 649 g/mol. The first-order valence-corrected chi connectivity index (χ1v) is 17.5. The minimum atomic E-state index is -0.544. The number of rotatable bonds is 5. The smallest absolute Gasteiger partial charge is 0.160 e. The Kier molecular flexibility index (Phi) is 6.75. The number of hydrogen-bond donors (Lipinski definition) is 0. The molecule has 0 fully saturated rings. The molecule has 1 atom stereocenters. The van der Waals surface area contributed by atoms with Gasteiger partial charge in [-0.15, -0.1) is 0 Å². The van der Waals surface area contributed by atoms with Crippen LogP contribution < -0.4 is 0 Å². The van der Waals surface area contributed by atoms with E-state index in [1.54, 1.807) is 0 Å². The molecule has 0 amide bonds. The minimum Gasteiger partial charge on any atom is -0.228 e. The zero-order chi connectivity index (χ0) is 33.8. The standard InChI is InChI=1S/C49H32N2/c1-4-16-33(17-5-1)44-32-45(34-18-6-2-7-19-34)51-48(50-44)35-28-30-37(31-29-35)49(36-20-8-3-9-21-36)43-27-15-14-26-42(43)46-40-24-12-10-22-38(40)39-23-11-13-25-41(39)47(46)49/h1-32H. The zero-order valence-corrected chi connectivity index (χ0v) is 27.9. The summed E-state index contributed by atoms with van der Waals surface area (Å²) in [7, 11) is 0. The molecule has 10 rings (SSSR count). The molecule has 1 heterocycles. The van der Waals surface area contributed by atoms with Crippen LogP contribution in [0.5, 0.6) is 0 Å². The van der Waals surface area contributed by atoms with Crippen LogP contribution in [0.15, 0.2) is 194 Å². The Morgan fingerprint density at radius 1 is 0.353 bits per heavy atom. The van der Waals surface area contributed by atoms with Gasteiger partial charge in [0.2, 0.25) is 0 Å². The van der Waals surface area contributed by atoms with E-state index in [1.807, 2.05) is 12.1 Å². The summed E-state index contributed by atoms with van der Waals surface area (Å²) in [4.78, 5) is 10.3. The van der Waals surface area contributed by atoms with Crippen molar-refractivity contribution < 1.29 is 0 Å². The molecule has 1 unspecified atom stereocenters. The Morgan fingerprint density at radius 2 is 0.824 bits per heavy atom. The summed E-state index contributed by atoms with van der Waals surface area (Å²) in [6.07, 6.45) is 0. The SMILES string of the molecule is c1ccc(-c2cc(-c3ccccc3)nc(-c3ccc(C4(c5ccccc5)c5ccccc5-c5c4c4ccccc4c4ccccc54)cc3)n2)cc1. The van der Waals surface area contributed by atoms with E-state index in [-0.39, 0.29) is 0 Å². The summed E-state index contributed by atoms with van der Waals surface area (Å²) < 4.78 is 0. The molecule has 0 bridgehead atoms. The molecule has 1 aromatic heterocycles. The van der Waals surface area contributed by atoms with Crippen molar-refractivity contribution in [3.63, 3.8) is 0 Å². The number of fused-ring (bicyclic) bond motifs is 8. The van der Waals surface area contributed by atoms with Crippen LogP contribution >= 0.6 is 0 Å². The zero-order valence-electron chi connectivity index (χ0n) is 27.9. The second kappa shape index (κ2) is 11.8. The molecular formula is C49H32N2. The van der Waals surface area contributed by atoms with E-state index in [2.05, 4.69) is 182 Å². The van der Waals surface area contributed by atoms with Crippen LogP contribution in [-0.4, -0.2) is 9.97 Å². The first-order valence-electron chi connectivity index (χ1n) is 17.5. The first-order chi connectivity index (χ1) is 25.3. The number of hydrogen-bond acceptors (Lipinski definition) is 2. The van der Waals surface area contributed by atoms with Crippen molar-refractivity contribution in [1.82, 2.24) is 9.97 Å². The lowest BCUT2D eigenvalue weighted by molar-refractivity contribution is 0.776. The maximum absolute atomic E-state index is 5.14. The van der Waals surface area contributed by atoms with E-state index in [0.29, 0.717) is 5.82 Å². The molecule has 0 saturated carbocycles. The fourth-order valence-corrected chi connectivity index (χ4v) is 8.39. The van der Waals surface area contributed by atoms with Crippen molar-refractivity contribution in [2.45, 2.75) is 5.41 Å². The Labute approximate surface area is 297 Å². The topological polar surface area (TPSA) is 25.8 Å². The molecule has 2 heteroatoms. The van der Waals surface area contributed by atoms with Gasteiger partial charge in [-0.2, -0.15) is 0 Å². The van der Waals surface area contributed by atoms with Crippen molar-refractivity contribution >= 4 is 21.5 Å². The lowest BCUT2D eigenvalue weighted by atomic mass is 9.66. The van der Waals surface area contributed by atoms with Gasteiger partial charge in [-0.25, -0.2) is 9.97 Å². The highest BCUT2D eigenvalue weighted by Gasteiger charge is 2.47. The monoisotopic (exact) mass is 648 g/mol. The van der Waals surface area contributed by atoms with Gasteiger partial charge in [0, 0.05) is 16.7 Å². The molecular weight excluding hydrogens is 617 g/mol. The summed E-state index contributed by atoms with van der Waals surface area (Å²) in [5.74, 6) is 0.708. The quantitative estimate of drug-likeness (QED) is 0.174. The molecule has 2 nitrogen and oxygen atoms in total. The third-order valence-corrected chi connectivity index (χ3v) is 10.6. The van der Waals surface area contributed by atoms with Gasteiger partial charge in [0.15, 0.2) is 5.82 Å². The van der Waals surface area contributed by atoms with Gasteiger partial charge in [0.25, 0.3) is 0 Å². The number of aromatic nitrogens is 2. The van der Waals surface area contributed by atoms with E-state index in [4.69, 9.17) is 9.97 Å². The van der Waals surface area contributed by atoms with Crippen LogP contribution in [0, 0.1) is 0 Å². The highest BCUT2D eigenvalue weighted by atomic mass is 14.9. The van der Waals surface area contributed by atoms with E-state index in [0.717, 1.165) is 28.1 Å². The van der Waals surface area contributed by atoms with Crippen LogP contribution in [0.1, 0.15) is 22.3 Å². The average Bonchev–Trinajstić information content (AvgIpc) is 3.54. The van der Waals surface area contributed by atoms with Crippen LogP contribution in [0.25, 0.3) is 66.6 Å². The largest absolute Gasteiger partial charge is 0.228 e. The Morgan fingerprint density at radius 3 is 1.45 bits per heavy atom. The summed E-state index contributed by atoms with van der Waals surface area (Å²) in [5, 5.41) is 5.12. The van der Waals surface area contributed by atoms with Gasteiger partial charge in [-0.1, -0.05) is 188 Å². The molecule has 8 aromatic carbocycles. The normalized spacial score (nSPS) is 14.7. The van der Waals surface area contributed by atoms with Crippen molar-refractivity contribution in [1.29, 1.82) is 0 Å². The number of nitrogens with zero attached hydrogens (tertiary/aromatic N) is 2. The Hall–Kier alpha value is -6.64. The minimum absolute atomic E-state index is 0.544. The van der Waals surface area contributed by atoms with E-state index >= 15 is 0 Å². The van der Waals surface area contributed by atoms with Crippen LogP contribution in [0.4, 0.5) is 0 Å². The van der Waals surface area contributed by atoms with Gasteiger partial charge in [-0.3, -0.25) is 0 Å². The number of benzene rings is 8. The van der Waals surface area contributed by atoms with Crippen molar-refractivity contribution in [2.75, 3.05) is 0 Å². The molecule has 1 aliphatic carbocycles. The maximum Gasteiger partial charge on any atom is 0.160 e. The van der Waals surface area contributed by atoms with Gasteiger partial charge >= 0.3 is 0 Å².